The van der Waals surface area contributed by atoms with Crippen molar-refractivity contribution in [1.82, 2.24) is 34.4 Å². The van der Waals surface area contributed by atoms with Gasteiger partial charge in [-0.25, -0.2) is 8.78 Å². The van der Waals surface area contributed by atoms with E-state index in [-0.39, 0.29) is 29.5 Å². The van der Waals surface area contributed by atoms with Gasteiger partial charge < -0.3 is 24.9 Å². The van der Waals surface area contributed by atoms with Crippen molar-refractivity contribution in [2.75, 3.05) is 87.5 Å². The summed E-state index contributed by atoms with van der Waals surface area (Å²) in [5.74, 6) is -0.245. The quantitative estimate of drug-likeness (QED) is 0.281. The van der Waals surface area contributed by atoms with E-state index >= 15 is 0 Å². The van der Waals surface area contributed by atoms with Crippen LogP contribution in [0.2, 0.25) is 0 Å². The zero-order chi connectivity index (χ0) is 30.0. The van der Waals surface area contributed by atoms with E-state index in [1.165, 1.54) is 35.0 Å². The number of likely N-dealkylation sites (N-methyl/N-ethyl adjacent to an activating group) is 1. The Hall–Kier alpha value is -4.18. The predicted molar refractivity (Wildman–Crippen MR) is 155 cm³/mol. The van der Waals surface area contributed by atoms with Gasteiger partial charge in [-0.3, -0.25) is 13.9 Å². The molecule has 1 atom stereocenters. The molecule has 1 aliphatic heterocycles. The number of halogens is 2. The lowest BCUT2D eigenvalue weighted by Gasteiger charge is -2.37. The molecule has 0 aliphatic carbocycles. The minimum atomic E-state index is -1.09. The van der Waals surface area contributed by atoms with E-state index in [2.05, 4.69) is 25.0 Å². The number of fused-ring (bicyclic) bond motifs is 1. The van der Waals surface area contributed by atoms with Crippen molar-refractivity contribution in [3.05, 3.63) is 47.7 Å². The van der Waals surface area contributed by atoms with Gasteiger partial charge in [0.2, 0.25) is 17.7 Å². The highest BCUT2D eigenvalue weighted by atomic mass is 32.2. The van der Waals surface area contributed by atoms with Crippen molar-refractivity contribution < 1.29 is 22.2 Å². The minimum absolute atomic E-state index is 0.145. The molecule has 4 aromatic rings. The summed E-state index contributed by atoms with van der Waals surface area (Å²) >= 11 is 0. The van der Waals surface area contributed by atoms with Crippen molar-refractivity contribution in [1.29, 1.82) is 0 Å². The van der Waals surface area contributed by atoms with Crippen LogP contribution in [0.15, 0.2) is 34.9 Å². The first kappa shape index (κ1) is 29.3. The predicted octanol–water partition coefficient (Wildman–Crippen LogP) is 1.35. The number of carbonyl (C=O) groups is 1. The monoisotopic (exact) mass is 602 g/mol. The third kappa shape index (κ3) is 6.33. The largest absolute Gasteiger partial charge is 0.461 e. The molecule has 224 valence electrons. The van der Waals surface area contributed by atoms with E-state index in [4.69, 9.17) is 10.2 Å². The molecule has 0 radical (unpaired) electrons. The summed E-state index contributed by atoms with van der Waals surface area (Å²) in [6, 6.07) is 5.51. The van der Waals surface area contributed by atoms with Gasteiger partial charge in [0.25, 0.3) is 11.7 Å². The lowest BCUT2D eigenvalue weighted by molar-refractivity contribution is 0.0799. The van der Waals surface area contributed by atoms with Gasteiger partial charge in [-0.05, 0) is 18.2 Å². The number of nitrogens with zero attached hydrogens (tertiary/aromatic N) is 9. The van der Waals surface area contributed by atoms with E-state index in [9.17, 15) is 17.8 Å². The molecule has 0 bridgehead atoms. The fourth-order valence-electron chi connectivity index (χ4n) is 4.60. The highest BCUT2D eigenvalue weighted by molar-refractivity contribution is 7.84. The standard InChI is InChI=1S/C26H32F2N10O3S/c1-34(12-14-42(3)40)23(39)17-15-20(19(28)16-18(17)27)37-10-8-36(9-11-37)7-6-35(2)25-31-24(29)38-26(32-25)30-22(33-38)21-5-4-13-41-21/h4-5,13,15-16H,6-12,14H2,1-3H3,(H2,29,30,31,32,33). The van der Waals surface area contributed by atoms with Gasteiger partial charge in [0, 0.05) is 88.8 Å². The number of nitrogen functional groups attached to an aromatic ring is 1. The zero-order valence-corrected chi connectivity index (χ0v) is 24.4. The molecular weight excluding hydrogens is 570 g/mol. The molecule has 0 saturated carbocycles. The number of carbonyl (C=O) groups excluding carboxylic acids is 1. The van der Waals surface area contributed by atoms with Gasteiger partial charge in [0.1, 0.15) is 11.6 Å². The first-order chi connectivity index (χ1) is 20.1. The number of hydrogen-bond acceptors (Lipinski definition) is 11. The molecule has 1 saturated heterocycles. The van der Waals surface area contributed by atoms with Gasteiger partial charge in [-0.1, -0.05) is 0 Å². The van der Waals surface area contributed by atoms with Crippen LogP contribution in [-0.4, -0.2) is 116 Å². The molecule has 1 aromatic carbocycles. The smallest absolute Gasteiger partial charge is 0.259 e. The SMILES string of the molecule is CN(CCS(C)=O)C(=O)c1cc(N2CCN(CCN(C)c3nc(N)n4nc(-c5ccco5)nc4n3)CC2)c(F)cc1F. The zero-order valence-electron chi connectivity index (χ0n) is 23.5. The topological polar surface area (TPSA) is 142 Å². The molecule has 42 heavy (non-hydrogen) atoms. The molecule has 5 rings (SSSR count). The van der Waals surface area contributed by atoms with Crippen LogP contribution in [0.1, 0.15) is 10.4 Å². The number of rotatable bonds is 10. The fourth-order valence-corrected chi connectivity index (χ4v) is 5.13. The first-order valence-electron chi connectivity index (χ1n) is 13.3. The number of anilines is 3. The Kier molecular flexibility index (Phi) is 8.63. The van der Waals surface area contributed by atoms with Gasteiger partial charge in [0.05, 0.1) is 17.5 Å². The fraction of sp³-hybridized carbons (Fsp3) is 0.423. The number of piperazine rings is 1. The molecule has 13 nitrogen and oxygen atoms in total. The summed E-state index contributed by atoms with van der Waals surface area (Å²) in [5, 5.41) is 4.31. The summed E-state index contributed by atoms with van der Waals surface area (Å²) in [4.78, 5) is 33.2. The van der Waals surface area contributed by atoms with Gasteiger partial charge in [-0.15, -0.1) is 5.10 Å². The number of benzene rings is 1. The van der Waals surface area contributed by atoms with Crippen molar-refractivity contribution in [2.24, 2.45) is 0 Å². The number of aromatic nitrogens is 5. The Morgan fingerprint density at radius 2 is 1.86 bits per heavy atom. The molecule has 1 fully saturated rings. The molecule has 1 amide bonds. The van der Waals surface area contributed by atoms with E-state index in [0.29, 0.717) is 62.6 Å². The summed E-state index contributed by atoms with van der Waals surface area (Å²) in [6.45, 7) is 3.74. The van der Waals surface area contributed by atoms with E-state index in [1.807, 2.05) is 16.8 Å². The number of nitrogens with two attached hydrogens (primary N) is 1. The summed E-state index contributed by atoms with van der Waals surface area (Å²) in [5.41, 5.74) is 6.09. The summed E-state index contributed by atoms with van der Waals surface area (Å²) in [6.07, 6.45) is 3.07. The van der Waals surface area contributed by atoms with Crippen molar-refractivity contribution in [3.8, 4) is 11.6 Å². The highest BCUT2D eigenvalue weighted by Crippen LogP contribution is 2.26. The highest BCUT2D eigenvalue weighted by Gasteiger charge is 2.25. The Morgan fingerprint density at radius 3 is 2.55 bits per heavy atom. The van der Waals surface area contributed by atoms with Crippen LogP contribution in [0.25, 0.3) is 17.4 Å². The molecular formula is C26H32F2N10O3S. The lowest BCUT2D eigenvalue weighted by Crippen LogP contribution is -2.48. The average molecular weight is 603 g/mol. The normalized spacial score (nSPS) is 14.8. The third-order valence-electron chi connectivity index (χ3n) is 7.10. The van der Waals surface area contributed by atoms with Gasteiger partial charge >= 0.3 is 0 Å². The molecule has 1 unspecified atom stereocenters. The Morgan fingerprint density at radius 1 is 1.10 bits per heavy atom. The van der Waals surface area contributed by atoms with E-state index in [1.54, 1.807) is 12.1 Å². The average Bonchev–Trinajstić information content (AvgIpc) is 3.65. The molecule has 1 aliphatic rings. The van der Waals surface area contributed by atoms with E-state index in [0.717, 1.165) is 6.07 Å². The van der Waals surface area contributed by atoms with Crippen LogP contribution < -0.4 is 15.5 Å². The van der Waals surface area contributed by atoms with Crippen molar-refractivity contribution in [2.45, 2.75) is 0 Å². The Labute approximate surface area is 243 Å². The maximum atomic E-state index is 14.8. The van der Waals surface area contributed by atoms with Crippen LogP contribution in [0.3, 0.4) is 0 Å². The van der Waals surface area contributed by atoms with Gasteiger partial charge in [0.15, 0.2) is 5.76 Å². The number of furan rings is 1. The molecule has 0 spiro atoms. The number of hydrogen-bond donors (Lipinski definition) is 1. The molecule has 2 N–H and O–H groups in total. The second-order valence-electron chi connectivity index (χ2n) is 10.0. The molecule has 3 aromatic heterocycles. The molecule has 16 heteroatoms. The second-order valence-corrected chi connectivity index (χ2v) is 11.6. The third-order valence-corrected chi connectivity index (χ3v) is 7.85. The summed E-state index contributed by atoms with van der Waals surface area (Å²) in [7, 11) is 2.27. The Balaban J connectivity index is 1.19. The van der Waals surface area contributed by atoms with Crippen LogP contribution in [-0.2, 0) is 10.8 Å². The first-order valence-corrected chi connectivity index (χ1v) is 15.0. The van der Waals surface area contributed by atoms with E-state index < -0.39 is 28.3 Å². The minimum Gasteiger partial charge on any atom is -0.461 e. The maximum absolute atomic E-state index is 14.8. The second kappa shape index (κ2) is 12.4. The molecule has 4 heterocycles. The summed E-state index contributed by atoms with van der Waals surface area (Å²) < 4.78 is 47.4. The maximum Gasteiger partial charge on any atom is 0.259 e. The van der Waals surface area contributed by atoms with Gasteiger partial charge in [-0.2, -0.15) is 19.5 Å². The number of amides is 1. The van der Waals surface area contributed by atoms with Crippen molar-refractivity contribution >= 4 is 40.1 Å². The Bertz CT molecular complexity index is 1590. The van der Waals surface area contributed by atoms with Crippen molar-refractivity contribution in [3.63, 3.8) is 0 Å². The van der Waals surface area contributed by atoms with Crippen LogP contribution in [0, 0.1) is 11.6 Å². The lowest BCUT2D eigenvalue weighted by atomic mass is 10.1. The van der Waals surface area contributed by atoms with Crippen LogP contribution in [0.4, 0.5) is 26.4 Å². The van der Waals surface area contributed by atoms with Crippen LogP contribution >= 0.6 is 0 Å². The van der Waals surface area contributed by atoms with Crippen LogP contribution in [0.5, 0.6) is 0 Å².